The molecule has 0 spiro atoms. The largest absolute Gasteiger partial charge is 0.381 e. The van der Waals surface area contributed by atoms with Crippen LogP contribution in [0, 0.1) is 5.92 Å². The van der Waals surface area contributed by atoms with Crippen molar-refractivity contribution in [3.05, 3.63) is 0 Å². The van der Waals surface area contributed by atoms with E-state index in [2.05, 4.69) is 4.90 Å². The molecule has 18 heavy (non-hydrogen) atoms. The number of hydrogen-bond donors (Lipinski definition) is 0. The molecule has 2 aliphatic heterocycles. The molecule has 2 saturated heterocycles. The highest BCUT2D eigenvalue weighted by Gasteiger charge is 2.48. The lowest BCUT2D eigenvalue weighted by Crippen LogP contribution is -2.56. The summed E-state index contributed by atoms with van der Waals surface area (Å²) in [6.07, 6.45) is 9.50. The van der Waals surface area contributed by atoms with E-state index in [-0.39, 0.29) is 11.5 Å². The summed E-state index contributed by atoms with van der Waals surface area (Å²) in [5, 5.41) is 0. The fourth-order valence-electron chi connectivity index (χ4n) is 4.12. The van der Waals surface area contributed by atoms with E-state index in [0.29, 0.717) is 12.4 Å². The Morgan fingerprint density at radius 1 is 1.06 bits per heavy atom. The monoisotopic (exact) mass is 251 g/mol. The minimum Gasteiger partial charge on any atom is -0.381 e. The van der Waals surface area contributed by atoms with Crippen molar-refractivity contribution in [3.8, 4) is 0 Å². The van der Waals surface area contributed by atoms with E-state index in [1.54, 1.807) is 0 Å². The third-order valence-corrected chi connectivity index (χ3v) is 5.15. The third kappa shape index (κ3) is 2.12. The molecule has 2 heterocycles. The second kappa shape index (κ2) is 5.30. The van der Waals surface area contributed by atoms with Crippen molar-refractivity contribution >= 4 is 5.78 Å². The number of piperidine rings is 1. The second-order valence-electron chi connectivity index (χ2n) is 6.21. The quantitative estimate of drug-likeness (QED) is 0.771. The van der Waals surface area contributed by atoms with Gasteiger partial charge in [-0.25, -0.2) is 0 Å². The summed E-state index contributed by atoms with van der Waals surface area (Å²) < 4.78 is 5.43. The molecule has 1 unspecified atom stereocenters. The van der Waals surface area contributed by atoms with E-state index in [1.807, 2.05) is 0 Å². The van der Waals surface area contributed by atoms with E-state index < -0.39 is 0 Å². The Morgan fingerprint density at radius 3 is 2.39 bits per heavy atom. The number of ether oxygens (including phenoxy) is 1. The molecule has 0 aromatic carbocycles. The van der Waals surface area contributed by atoms with Crippen LogP contribution in [0.2, 0.25) is 0 Å². The molecule has 0 N–H and O–H groups in total. The van der Waals surface area contributed by atoms with Crippen molar-refractivity contribution in [3.63, 3.8) is 0 Å². The van der Waals surface area contributed by atoms with Crippen LogP contribution >= 0.6 is 0 Å². The minimum atomic E-state index is -0.0984. The van der Waals surface area contributed by atoms with Crippen LogP contribution in [0.1, 0.15) is 51.4 Å². The summed E-state index contributed by atoms with van der Waals surface area (Å²) in [4.78, 5) is 15.5. The van der Waals surface area contributed by atoms with E-state index >= 15 is 0 Å². The minimum absolute atomic E-state index is 0.0984. The Bertz CT molecular complexity index is 298. The highest BCUT2D eigenvalue weighted by molar-refractivity contribution is 5.91. The van der Waals surface area contributed by atoms with Crippen molar-refractivity contribution in [1.82, 2.24) is 4.90 Å². The van der Waals surface area contributed by atoms with E-state index in [9.17, 15) is 4.79 Å². The highest BCUT2D eigenvalue weighted by Crippen LogP contribution is 2.40. The Kier molecular flexibility index (Phi) is 3.71. The number of rotatable bonds is 3. The van der Waals surface area contributed by atoms with Crippen LogP contribution < -0.4 is 0 Å². The van der Waals surface area contributed by atoms with Crippen LogP contribution in [0.3, 0.4) is 0 Å². The molecule has 1 aliphatic carbocycles. The first kappa shape index (κ1) is 12.6. The Balaban J connectivity index is 1.78. The predicted octanol–water partition coefficient (Wildman–Crippen LogP) is 2.39. The molecule has 3 heteroatoms. The van der Waals surface area contributed by atoms with Gasteiger partial charge in [0.05, 0.1) is 12.1 Å². The topological polar surface area (TPSA) is 29.5 Å². The maximum atomic E-state index is 12.9. The average Bonchev–Trinajstić information content (AvgIpc) is 3.11. The van der Waals surface area contributed by atoms with Gasteiger partial charge >= 0.3 is 0 Å². The molecule has 0 amide bonds. The lowest BCUT2D eigenvalue weighted by atomic mass is 9.81. The number of nitrogens with zero attached hydrogens (tertiary/aromatic N) is 1. The lowest BCUT2D eigenvalue weighted by Gasteiger charge is -2.43. The number of likely N-dealkylation sites (tertiary alicyclic amines) is 1. The molecule has 3 nitrogen and oxygen atoms in total. The SMILES string of the molecule is O=C(C1CCOC1)C1(N2CCCCC2)CCCC1. The zero-order valence-electron chi connectivity index (χ0n) is 11.3. The van der Waals surface area contributed by atoms with Gasteiger partial charge in [-0.3, -0.25) is 9.69 Å². The Morgan fingerprint density at radius 2 is 1.78 bits per heavy atom. The van der Waals surface area contributed by atoms with Gasteiger partial charge in [0.1, 0.15) is 0 Å². The first-order chi connectivity index (χ1) is 8.83. The van der Waals surface area contributed by atoms with Crippen LogP contribution in [0.4, 0.5) is 0 Å². The summed E-state index contributed by atoms with van der Waals surface area (Å²) in [6.45, 7) is 3.74. The molecular weight excluding hydrogens is 226 g/mol. The average molecular weight is 251 g/mol. The van der Waals surface area contributed by atoms with Crippen molar-refractivity contribution in [1.29, 1.82) is 0 Å². The zero-order valence-corrected chi connectivity index (χ0v) is 11.3. The molecule has 0 aromatic rings. The predicted molar refractivity (Wildman–Crippen MR) is 70.6 cm³/mol. The Labute approximate surface area is 110 Å². The molecule has 3 rings (SSSR count). The van der Waals surface area contributed by atoms with Gasteiger partial charge in [0.15, 0.2) is 5.78 Å². The summed E-state index contributed by atoms with van der Waals surface area (Å²) in [7, 11) is 0. The second-order valence-corrected chi connectivity index (χ2v) is 6.21. The molecule has 102 valence electrons. The van der Waals surface area contributed by atoms with Gasteiger partial charge in [0.2, 0.25) is 0 Å². The van der Waals surface area contributed by atoms with E-state index in [4.69, 9.17) is 4.74 Å². The van der Waals surface area contributed by atoms with Crippen LogP contribution in [0.5, 0.6) is 0 Å². The molecule has 1 atom stereocenters. The van der Waals surface area contributed by atoms with E-state index in [0.717, 1.165) is 39.0 Å². The lowest BCUT2D eigenvalue weighted by molar-refractivity contribution is -0.136. The Hall–Kier alpha value is -0.410. The molecule has 0 bridgehead atoms. The first-order valence-electron chi connectivity index (χ1n) is 7.70. The molecular formula is C15H25NO2. The van der Waals surface area contributed by atoms with Gasteiger partial charge in [-0.05, 0) is 45.2 Å². The number of carbonyl (C=O) groups is 1. The first-order valence-corrected chi connectivity index (χ1v) is 7.70. The van der Waals surface area contributed by atoms with Gasteiger partial charge in [-0.15, -0.1) is 0 Å². The normalized spacial score (nSPS) is 32.8. The van der Waals surface area contributed by atoms with Gasteiger partial charge in [0, 0.05) is 12.5 Å². The van der Waals surface area contributed by atoms with Crippen molar-refractivity contribution in [2.75, 3.05) is 26.3 Å². The molecule has 0 aromatic heterocycles. The smallest absolute Gasteiger partial charge is 0.158 e. The fourth-order valence-corrected chi connectivity index (χ4v) is 4.12. The van der Waals surface area contributed by atoms with Gasteiger partial charge in [-0.1, -0.05) is 19.3 Å². The number of ketones is 1. The van der Waals surface area contributed by atoms with Crippen molar-refractivity contribution < 1.29 is 9.53 Å². The summed E-state index contributed by atoms with van der Waals surface area (Å²) in [5.74, 6) is 0.699. The molecule has 3 fully saturated rings. The summed E-state index contributed by atoms with van der Waals surface area (Å²) in [6, 6.07) is 0. The standard InChI is InChI=1S/C15H25NO2/c17-14(13-6-11-18-12-13)15(7-2-3-8-15)16-9-4-1-5-10-16/h13H,1-12H2. The zero-order chi connectivity index (χ0) is 12.4. The fraction of sp³-hybridized carbons (Fsp3) is 0.933. The number of Topliss-reactive ketones (excluding diaryl/α,β-unsaturated/α-hetero) is 1. The van der Waals surface area contributed by atoms with Gasteiger partial charge in [0.25, 0.3) is 0 Å². The van der Waals surface area contributed by atoms with Crippen LogP contribution in [-0.2, 0) is 9.53 Å². The van der Waals surface area contributed by atoms with E-state index in [1.165, 1.54) is 32.1 Å². The highest BCUT2D eigenvalue weighted by atomic mass is 16.5. The molecule has 0 radical (unpaired) electrons. The maximum absolute atomic E-state index is 12.9. The number of hydrogen-bond acceptors (Lipinski definition) is 3. The third-order valence-electron chi connectivity index (χ3n) is 5.15. The summed E-state index contributed by atoms with van der Waals surface area (Å²) >= 11 is 0. The molecule has 3 aliphatic rings. The maximum Gasteiger partial charge on any atom is 0.158 e. The van der Waals surface area contributed by atoms with Crippen molar-refractivity contribution in [2.24, 2.45) is 5.92 Å². The van der Waals surface area contributed by atoms with Crippen LogP contribution in [0.15, 0.2) is 0 Å². The summed E-state index contributed by atoms with van der Waals surface area (Å²) in [5.41, 5.74) is -0.0984. The number of carbonyl (C=O) groups excluding carboxylic acids is 1. The van der Waals surface area contributed by atoms with Crippen LogP contribution in [0.25, 0.3) is 0 Å². The molecule has 1 saturated carbocycles. The van der Waals surface area contributed by atoms with Gasteiger partial charge < -0.3 is 4.74 Å². The van der Waals surface area contributed by atoms with Crippen molar-refractivity contribution in [2.45, 2.75) is 56.9 Å². The van der Waals surface area contributed by atoms with Crippen LogP contribution in [-0.4, -0.2) is 42.5 Å². The van der Waals surface area contributed by atoms with Gasteiger partial charge in [-0.2, -0.15) is 0 Å².